The van der Waals surface area contributed by atoms with Crippen molar-refractivity contribution in [2.45, 2.75) is 11.7 Å². The van der Waals surface area contributed by atoms with Gasteiger partial charge in [-0.3, -0.25) is 4.98 Å². The smallest absolute Gasteiger partial charge is 0.341 e. The molecule has 0 aliphatic carbocycles. The van der Waals surface area contributed by atoms with E-state index in [0.29, 0.717) is 17.5 Å². The molecule has 0 aromatic carbocycles. The molecule has 0 unspecified atom stereocenters. The highest BCUT2D eigenvalue weighted by Crippen LogP contribution is 2.17. The summed E-state index contributed by atoms with van der Waals surface area (Å²) in [7, 11) is 0. The Kier molecular flexibility index (Phi) is 4.30. The van der Waals surface area contributed by atoms with E-state index in [1.165, 1.54) is 18.0 Å². The van der Waals surface area contributed by atoms with Crippen LogP contribution in [0, 0.1) is 0 Å². The number of rotatable bonds is 5. The summed E-state index contributed by atoms with van der Waals surface area (Å²) >= 11 is 1.35. The number of hydrogen-bond donors (Lipinski definition) is 2. The molecular formula is C12H12N4O2S. The minimum Gasteiger partial charge on any atom is -0.477 e. The van der Waals surface area contributed by atoms with E-state index in [9.17, 15) is 4.79 Å². The van der Waals surface area contributed by atoms with Crippen LogP contribution in [0.25, 0.3) is 0 Å². The quantitative estimate of drug-likeness (QED) is 0.637. The maximum absolute atomic E-state index is 11.1. The van der Waals surface area contributed by atoms with Gasteiger partial charge in [0.05, 0.1) is 12.2 Å². The molecule has 2 rings (SSSR count). The SMILES string of the molecule is CSc1ncc(C(=O)O)c(NCc2ccccn2)n1. The van der Waals surface area contributed by atoms with E-state index in [2.05, 4.69) is 20.3 Å². The van der Waals surface area contributed by atoms with Crippen LogP contribution in [0.15, 0.2) is 35.7 Å². The third kappa shape index (κ3) is 3.41. The molecule has 0 amide bonds. The molecule has 0 aliphatic rings. The van der Waals surface area contributed by atoms with Crippen LogP contribution in [0.2, 0.25) is 0 Å². The third-order valence-electron chi connectivity index (χ3n) is 2.34. The monoisotopic (exact) mass is 276 g/mol. The first-order valence-corrected chi connectivity index (χ1v) is 6.71. The molecule has 0 bridgehead atoms. The third-order valence-corrected chi connectivity index (χ3v) is 2.90. The zero-order chi connectivity index (χ0) is 13.7. The standard InChI is InChI=1S/C12H12N4O2S/c1-19-12-15-7-9(11(17)18)10(16-12)14-6-8-4-2-3-5-13-8/h2-5,7H,6H2,1H3,(H,17,18)(H,14,15,16). The fraction of sp³-hybridized carbons (Fsp3) is 0.167. The Morgan fingerprint density at radius 1 is 1.42 bits per heavy atom. The second-order valence-corrected chi connectivity index (χ2v) is 4.37. The number of anilines is 1. The molecule has 0 saturated carbocycles. The molecule has 2 heterocycles. The van der Waals surface area contributed by atoms with Gasteiger partial charge in [-0.15, -0.1) is 0 Å². The lowest BCUT2D eigenvalue weighted by Crippen LogP contribution is -2.10. The average molecular weight is 276 g/mol. The van der Waals surface area contributed by atoms with Gasteiger partial charge in [0.1, 0.15) is 11.4 Å². The molecule has 2 aromatic rings. The minimum atomic E-state index is -1.06. The molecule has 0 spiro atoms. The highest BCUT2D eigenvalue weighted by atomic mass is 32.2. The van der Waals surface area contributed by atoms with Crippen molar-refractivity contribution in [1.29, 1.82) is 0 Å². The number of aromatic carboxylic acids is 1. The van der Waals surface area contributed by atoms with E-state index in [1.54, 1.807) is 6.20 Å². The van der Waals surface area contributed by atoms with E-state index < -0.39 is 5.97 Å². The van der Waals surface area contributed by atoms with Gasteiger partial charge in [0, 0.05) is 12.4 Å². The fourth-order valence-electron chi connectivity index (χ4n) is 1.43. The van der Waals surface area contributed by atoms with Crippen molar-refractivity contribution in [3.8, 4) is 0 Å². The highest BCUT2D eigenvalue weighted by Gasteiger charge is 2.13. The van der Waals surface area contributed by atoms with Gasteiger partial charge in [0.2, 0.25) is 0 Å². The molecule has 19 heavy (non-hydrogen) atoms. The average Bonchev–Trinajstić information content (AvgIpc) is 2.45. The molecule has 2 aromatic heterocycles. The predicted molar refractivity (Wildman–Crippen MR) is 72.3 cm³/mol. The molecule has 7 heteroatoms. The number of carboxylic acid groups (broad SMARTS) is 1. The fourth-order valence-corrected chi connectivity index (χ4v) is 1.77. The summed E-state index contributed by atoms with van der Waals surface area (Å²) < 4.78 is 0. The Labute approximate surface area is 114 Å². The zero-order valence-electron chi connectivity index (χ0n) is 10.2. The number of nitrogens with zero attached hydrogens (tertiary/aromatic N) is 3. The molecule has 2 N–H and O–H groups in total. The van der Waals surface area contributed by atoms with Crippen molar-refractivity contribution < 1.29 is 9.90 Å². The number of thioether (sulfide) groups is 1. The van der Waals surface area contributed by atoms with Gasteiger partial charge >= 0.3 is 5.97 Å². The maximum Gasteiger partial charge on any atom is 0.341 e. The first-order valence-electron chi connectivity index (χ1n) is 5.49. The summed E-state index contributed by atoms with van der Waals surface area (Å²) in [4.78, 5) is 23.4. The van der Waals surface area contributed by atoms with E-state index in [1.807, 2.05) is 24.5 Å². The topological polar surface area (TPSA) is 88.0 Å². The Morgan fingerprint density at radius 2 is 2.26 bits per heavy atom. The van der Waals surface area contributed by atoms with Crippen LogP contribution in [0.4, 0.5) is 5.82 Å². The molecule has 0 atom stereocenters. The molecule has 0 radical (unpaired) electrons. The van der Waals surface area contributed by atoms with Crippen molar-refractivity contribution >= 4 is 23.5 Å². The summed E-state index contributed by atoms with van der Waals surface area (Å²) in [5.41, 5.74) is 0.858. The Balaban J connectivity index is 2.20. The molecule has 98 valence electrons. The summed E-state index contributed by atoms with van der Waals surface area (Å²) in [6.45, 7) is 0.409. The van der Waals surface area contributed by atoms with Gasteiger partial charge in [-0.1, -0.05) is 17.8 Å². The maximum atomic E-state index is 11.1. The van der Waals surface area contributed by atoms with Gasteiger partial charge in [0.25, 0.3) is 0 Å². The number of aromatic nitrogens is 3. The van der Waals surface area contributed by atoms with Gasteiger partial charge in [-0.05, 0) is 18.4 Å². The molecule has 0 saturated heterocycles. The van der Waals surface area contributed by atoms with Gasteiger partial charge in [-0.2, -0.15) is 0 Å². The Morgan fingerprint density at radius 3 is 2.89 bits per heavy atom. The number of carbonyl (C=O) groups is 1. The highest BCUT2D eigenvalue weighted by molar-refractivity contribution is 7.98. The predicted octanol–water partition coefficient (Wildman–Crippen LogP) is 1.90. The van der Waals surface area contributed by atoms with Crippen LogP contribution >= 0.6 is 11.8 Å². The largest absolute Gasteiger partial charge is 0.477 e. The molecular weight excluding hydrogens is 264 g/mol. The molecule has 0 fully saturated rings. The van der Waals surface area contributed by atoms with Crippen LogP contribution in [0.3, 0.4) is 0 Å². The van der Waals surface area contributed by atoms with Crippen molar-refractivity contribution in [1.82, 2.24) is 15.0 Å². The van der Waals surface area contributed by atoms with E-state index >= 15 is 0 Å². The van der Waals surface area contributed by atoms with Crippen LogP contribution < -0.4 is 5.32 Å². The summed E-state index contributed by atoms with van der Waals surface area (Å²) in [5, 5.41) is 12.6. The summed E-state index contributed by atoms with van der Waals surface area (Å²) in [6.07, 6.45) is 4.82. The minimum absolute atomic E-state index is 0.0498. The van der Waals surface area contributed by atoms with E-state index in [4.69, 9.17) is 5.11 Å². The van der Waals surface area contributed by atoms with E-state index in [0.717, 1.165) is 5.69 Å². The van der Waals surface area contributed by atoms with Crippen LogP contribution in [-0.2, 0) is 6.54 Å². The number of carboxylic acids is 1. The normalized spacial score (nSPS) is 10.2. The summed E-state index contributed by atoms with van der Waals surface area (Å²) in [5.74, 6) is -0.756. The van der Waals surface area contributed by atoms with Crippen molar-refractivity contribution in [2.24, 2.45) is 0 Å². The van der Waals surface area contributed by atoms with Gasteiger partial charge < -0.3 is 10.4 Å². The van der Waals surface area contributed by atoms with E-state index in [-0.39, 0.29) is 5.56 Å². The van der Waals surface area contributed by atoms with Crippen molar-refractivity contribution in [2.75, 3.05) is 11.6 Å². The lowest BCUT2D eigenvalue weighted by atomic mass is 10.3. The molecule has 0 aliphatic heterocycles. The second-order valence-electron chi connectivity index (χ2n) is 3.60. The van der Waals surface area contributed by atoms with Crippen molar-refractivity contribution in [3.63, 3.8) is 0 Å². The lowest BCUT2D eigenvalue weighted by molar-refractivity contribution is 0.0697. The Hall–Kier alpha value is -2.15. The molecule has 6 nitrogen and oxygen atoms in total. The first kappa shape index (κ1) is 13.3. The lowest BCUT2D eigenvalue weighted by Gasteiger charge is -2.08. The van der Waals surface area contributed by atoms with Crippen LogP contribution in [0.5, 0.6) is 0 Å². The van der Waals surface area contributed by atoms with Crippen LogP contribution in [0.1, 0.15) is 16.1 Å². The van der Waals surface area contributed by atoms with Gasteiger partial charge in [-0.25, -0.2) is 14.8 Å². The first-order chi connectivity index (χ1) is 9.20. The number of pyridine rings is 1. The zero-order valence-corrected chi connectivity index (χ0v) is 11.0. The Bertz CT molecular complexity index is 577. The van der Waals surface area contributed by atoms with Gasteiger partial charge in [0.15, 0.2) is 5.16 Å². The second kappa shape index (κ2) is 6.14. The summed E-state index contributed by atoms with van der Waals surface area (Å²) in [6, 6.07) is 5.54. The van der Waals surface area contributed by atoms with Crippen molar-refractivity contribution in [3.05, 3.63) is 41.9 Å². The van der Waals surface area contributed by atoms with Crippen LogP contribution in [-0.4, -0.2) is 32.3 Å². The number of hydrogen-bond acceptors (Lipinski definition) is 6. The number of nitrogens with one attached hydrogen (secondary N) is 1.